The van der Waals surface area contributed by atoms with E-state index >= 15 is 0 Å². The molecule has 184 valence electrons. The number of sulfone groups is 1. The average Bonchev–Trinajstić information content (AvgIpc) is 3.23. The van der Waals surface area contributed by atoms with E-state index in [1.54, 1.807) is 47.0 Å². The van der Waals surface area contributed by atoms with Gasteiger partial charge in [0.2, 0.25) is 5.91 Å². The predicted molar refractivity (Wildman–Crippen MR) is 139 cm³/mol. The van der Waals surface area contributed by atoms with Crippen LogP contribution >= 0.6 is 23.1 Å². The Balaban J connectivity index is 1.73. The van der Waals surface area contributed by atoms with Crippen molar-refractivity contribution in [3.05, 3.63) is 48.3 Å². The lowest BCUT2D eigenvalue weighted by Crippen LogP contribution is -2.38. The van der Waals surface area contributed by atoms with Crippen LogP contribution in [0.15, 0.2) is 52.3 Å². The molecule has 0 aliphatic heterocycles. The lowest BCUT2D eigenvalue weighted by atomic mass is 10.3. The minimum absolute atomic E-state index is 0.00532. The number of thiazole rings is 1. The van der Waals surface area contributed by atoms with E-state index < -0.39 is 9.84 Å². The molecule has 3 rings (SSSR count). The zero-order chi connectivity index (χ0) is 24.7. The number of rotatable bonds is 12. The van der Waals surface area contributed by atoms with Crippen LogP contribution in [0, 0.1) is 5.82 Å². The summed E-state index contributed by atoms with van der Waals surface area (Å²) in [5.74, 6) is 0.482. The Hall–Kier alpha value is -2.01. The van der Waals surface area contributed by atoms with Crippen LogP contribution in [-0.4, -0.2) is 62.4 Å². The van der Waals surface area contributed by atoms with Crippen molar-refractivity contribution in [1.82, 2.24) is 9.88 Å². The van der Waals surface area contributed by atoms with Gasteiger partial charge in [0.25, 0.3) is 0 Å². The van der Waals surface area contributed by atoms with Crippen LogP contribution in [0.3, 0.4) is 0 Å². The number of likely N-dealkylation sites (N-methyl/N-ethyl adjacent to an activating group) is 1. The Morgan fingerprint density at radius 2 is 1.79 bits per heavy atom. The van der Waals surface area contributed by atoms with Gasteiger partial charge in [0.1, 0.15) is 5.82 Å². The van der Waals surface area contributed by atoms with E-state index in [2.05, 4.69) is 23.7 Å². The van der Waals surface area contributed by atoms with Gasteiger partial charge in [-0.05, 0) is 67.7 Å². The van der Waals surface area contributed by atoms with E-state index in [0.717, 1.165) is 35.0 Å². The minimum atomic E-state index is -3.32. The van der Waals surface area contributed by atoms with Crippen LogP contribution in [0.5, 0.6) is 0 Å². The molecule has 0 saturated carbocycles. The molecule has 0 N–H and O–H groups in total. The van der Waals surface area contributed by atoms with Crippen LogP contribution in [-0.2, 0) is 14.6 Å². The summed E-state index contributed by atoms with van der Waals surface area (Å²) in [7, 11) is -3.32. The van der Waals surface area contributed by atoms with Gasteiger partial charge in [0, 0.05) is 30.7 Å². The van der Waals surface area contributed by atoms with Crippen molar-refractivity contribution in [3.63, 3.8) is 0 Å². The summed E-state index contributed by atoms with van der Waals surface area (Å²) in [5, 5.41) is 0.587. The SMILES string of the molecule is CCN(CC)CCN(C(=O)CCCSc1ccc(F)cc1)c1nc2ccc(S(C)(=O)=O)cc2s1. The fourth-order valence-electron chi connectivity index (χ4n) is 3.43. The monoisotopic (exact) mass is 523 g/mol. The number of hydrogen-bond acceptors (Lipinski definition) is 7. The fourth-order valence-corrected chi connectivity index (χ4v) is 6.05. The van der Waals surface area contributed by atoms with Gasteiger partial charge in [-0.25, -0.2) is 17.8 Å². The lowest BCUT2D eigenvalue weighted by Gasteiger charge is -2.24. The van der Waals surface area contributed by atoms with Crippen LogP contribution in [0.4, 0.5) is 9.52 Å². The molecule has 0 spiro atoms. The maximum Gasteiger partial charge on any atom is 0.228 e. The fraction of sp³-hybridized carbons (Fsp3) is 0.417. The first-order chi connectivity index (χ1) is 16.2. The molecule has 0 bridgehead atoms. The first kappa shape index (κ1) is 26.6. The predicted octanol–water partition coefficient (Wildman–Crippen LogP) is 5.09. The van der Waals surface area contributed by atoms with Crippen LogP contribution in [0.2, 0.25) is 0 Å². The third-order valence-electron chi connectivity index (χ3n) is 5.46. The van der Waals surface area contributed by atoms with Crippen LogP contribution in [0.1, 0.15) is 26.7 Å². The summed E-state index contributed by atoms with van der Waals surface area (Å²) in [5.41, 5.74) is 0.680. The van der Waals surface area contributed by atoms with Gasteiger partial charge in [-0.2, -0.15) is 0 Å². The molecule has 34 heavy (non-hydrogen) atoms. The number of benzene rings is 2. The Labute approximate surface area is 209 Å². The molecule has 6 nitrogen and oxygen atoms in total. The highest BCUT2D eigenvalue weighted by Crippen LogP contribution is 2.31. The number of carbonyl (C=O) groups excluding carboxylic acids is 1. The summed E-state index contributed by atoms with van der Waals surface area (Å²) < 4.78 is 37.7. The van der Waals surface area contributed by atoms with Crippen molar-refractivity contribution < 1.29 is 17.6 Å². The maximum absolute atomic E-state index is 13.2. The number of hydrogen-bond donors (Lipinski definition) is 0. The summed E-state index contributed by atoms with van der Waals surface area (Å²) in [4.78, 5) is 23.0. The second-order valence-corrected chi connectivity index (χ2v) is 12.1. The molecule has 0 aliphatic rings. The van der Waals surface area contributed by atoms with E-state index in [1.165, 1.54) is 29.7 Å². The molecule has 0 atom stereocenters. The van der Waals surface area contributed by atoms with Gasteiger partial charge in [0.05, 0.1) is 15.1 Å². The third-order valence-corrected chi connectivity index (χ3v) is 8.71. The Bertz CT molecular complexity index is 1210. The summed E-state index contributed by atoms with van der Waals surface area (Å²) in [6, 6.07) is 11.2. The molecule has 0 aliphatic carbocycles. The number of halogens is 1. The molecular weight excluding hydrogens is 493 g/mol. The van der Waals surface area contributed by atoms with Crippen molar-refractivity contribution in [2.75, 3.05) is 43.1 Å². The highest BCUT2D eigenvalue weighted by Gasteiger charge is 2.21. The molecule has 3 aromatic rings. The van der Waals surface area contributed by atoms with Crippen molar-refractivity contribution in [2.45, 2.75) is 36.5 Å². The van der Waals surface area contributed by atoms with E-state index in [4.69, 9.17) is 0 Å². The molecule has 10 heteroatoms. The zero-order valence-corrected chi connectivity index (χ0v) is 22.1. The van der Waals surface area contributed by atoms with E-state index in [-0.39, 0.29) is 16.6 Å². The van der Waals surface area contributed by atoms with Gasteiger partial charge in [-0.3, -0.25) is 9.69 Å². The number of fused-ring (bicyclic) bond motifs is 1. The number of anilines is 1. The number of thioether (sulfide) groups is 1. The molecule has 0 fully saturated rings. The summed E-state index contributed by atoms with van der Waals surface area (Å²) in [6.07, 6.45) is 2.24. The molecule has 0 saturated heterocycles. The van der Waals surface area contributed by atoms with Crippen molar-refractivity contribution in [1.29, 1.82) is 0 Å². The maximum atomic E-state index is 13.2. The van der Waals surface area contributed by atoms with Crippen LogP contribution in [0.25, 0.3) is 10.2 Å². The summed E-state index contributed by atoms with van der Waals surface area (Å²) >= 11 is 2.93. The normalized spacial score (nSPS) is 11.9. The molecular formula is C24H30FN3O3S3. The molecule has 1 aromatic heterocycles. The number of carbonyl (C=O) groups is 1. The van der Waals surface area contributed by atoms with Gasteiger partial charge >= 0.3 is 0 Å². The Kier molecular flexibility index (Phi) is 9.47. The van der Waals surface area contributed by atoms with Gasteiger partial charge in [-0.15, -0.1) is 11.8 Å². The molecule has 0 unspecified atom stereocenters. The molecule has 1 heterocycles. The topological polar surface area (TPSA) is 70.6 Å². The second-order valence-electron chi connectivity index (χ2n) is 7.88. The average molecular weight is 524 g/mol. The minimum Gasteiger partial charge on any atom is -0.302 e. The Morgan fingerprint density at radius 1 is 1.09 bits per heavy atom. The number of amides is 1. The lowest BCUT2D eigenvalue weighted by molar-refractivity contribution is -0.118. The van der Waals surface area contributed by atoms with E-state index in [1.807, 2.05) is 0 Å². The van der Waals surface area contributed by atoms with Crippen LogP contribution < -0.4 is 4.90 Å². The highest BCUT2D eigenvalue weighted by molar-refractivity contribution is 7.99. The molecule has 0 radical (unpaired) electrons. The molecule has 1 amide bonds. The second kappa shape index (κ2) is 12.1. The largest absolute Gasteiger partial charge is 0.302 e. The first-order valence-corrected chi connectivity index (χ1v) is 14.9. The van der Waals surface area contributed by atoms with E-state index in [0.29, 0.717) is 30.0 Å². The van der Waals surface area contributed by atoms with Gasteiger partial charge in [-0.1, -0.05) is 25.2 Å². The standard InChI is InChI=1S/C24H30FN3O3S3/c1-4-27(5-2)14-15-28(23(29)7-6-16-32-19-10-8-18(25)9-11-19)24-26-21-13-12-20(34(3,30)31)17-22(21)33-24/h8-13,17H,4-7,14-16H2,1-3H3. The third kappa shape index (κ3) is 7.24. The zero-order valence-electron chi connectivity index (χ0n) is 19.7. The van der Waals surface area contributed by atoms with E-state index in [9.17, 15) is 17.6 Å². The number of aromatic nitrogens is 1. The molecule has 2 aromatic carbocycles. The van der Waals surface area contributed by atoms with Crippen molar-refractivity contribution >= 4 is 54.2 Å². The van der Waals surface area contributed by atoms with Gasteiger partial charge < -0.3 is 4.90 Å². The Morgan fingerprint density at radius 3 is 2.44 bits per heavy atom. The number of nitrogens with zero attached hydrogens (tertiary/aromatic N) is 3. The first-order valence-electron chi connectivity index (χ1n) is 11.2. The smallest absolute Gasteiger partial charge is 0.228 e. The summed E-state index contributed by atoms with van der Waals surface area (Å²) in [6.45, 7) is 7.21. The van der Waals surface area contributed by atoms with Gasteiger partial charge in [0.15, 0.2) is 15.0 Å². The highest BCUT2D eigenvalue weighted by atomic mass is 32.2. The van der Waals surface area contributed by atoms with Crippen molar-refractivity contribution in [3.8, 4) is 0 Å². The van der Waals surface area contributed by atoms with Crippen molar-refractivity contribution in [2.24, 2.45) is 0 Å². The quantitative estimate of drug-likeness (QED) is 0.243.